The summed E-state index contributed by atoms with van der Waals surface area (Å²) in [6, 6.07) is 0. The molecule has 0 aromatic heterocycles. The average molecular weight is 248 g/mol. The molecule has 1 N–H and O–H groups in total. The molecule has 0 amide bonds. The van der Waals surface area contributed by atoms with Crippen LogP contribution in [0, 0.1) is 0 Å². The Bertz CT molecular complexity index is 105. The van der Waals surface area contributed by atoms with Gasteiger partial charge >= 0.3 is 6.18 Å². The highest BCUT2D eigenvalue weighted by atomic mass is 79.9. The van der Waals surface area contributed by atoms with Crippen molar-refractivity contribution in [3.63, 3.8) is 0 Å². The van der Waals surface area contributed by atoms with Crippen molar-refractivity contribution in [2.24, 2.45) is 0 Å². The molecule has 0 aliphatic heterocycles. The average Bonchev–Trinajstić information content (AvgIpc) is 1.94. The zero-order chi connectivity index (χ0) is 9.45. The van der Waals surface area contributed by atoms with E-state index in [0.29, 0.717) is 6.54 Å². The van der Waals surface area contributed by atoms with Gasteiger partial charge in [0.2, 0.25) is 0 Å². The monoisotopic (exact) mass is 247 g/mol. The Morgan fingerprint density at radius 1 is 1.08 bits per heavy atom. The number of rotatable bonds is 6. The summed E-state index contributed by atoms with van der Waals surface area (Å²) in [5.74, 6) is 0. The lowest BCUT2D eigenvalue weighted by Gasteiger charge is -2.06. The first-order chi connectivity index (χ1) is 5.56. The summed E-state index contributed by atoms with van der Waals surface area (Å²) in [6.07, 6.45) is -3.57. The first-order valence-corrected chi connectivity index (χ1v) is 5.02. The van der Waals surface area contributed by atoms with Crippen molar-refractivity contribution in [3.8, 4) is 0 Å². The molecule has 0 aliphatic rings. The van der Waals surface area contributed by atoms with E-state index in [1.807, 2.05) is 0 Å². The van der Waals surface area contributed by atoms with E-state index in [4.69, 9.17) is 0 Å². The second kappa shape index (κ2) is 6.71. The van der Waals surface area contributed by atoms with Gasteiger partial charge in [0.1, 0.15) is 0 Å². The van der Waals surface area contributed by atoms with Crippen LogP contribution >= 0.6 is 15.9 Å². The van der Waals surface area contributed by atoms with Gasteiger partial charge in [-0.05, 0) is 25.9 Å². The minimum atomic E-state index is -4.00. The third-order valence-corrected chi connectivity index (χ3v) is 1.86. The third-order valence-electron chi connectivity index (χ3n) is 1.30. The van der Waals surface area contributed by atoms with Gasteiger partial charge in [0.25, 0.3) is 0 Å². The Morgan fingerprint density at radius 3 is 2.17 bits per heavy atom. The number of alkyl halides is 4. The normalized spacial score (nSPS) is 12.0. The molecule has 1 nitrogen and oxygen atoms in total. The lowest BCUT2D eigenvalue weighted by atomic mass is 10.3. The number of nitrogens with one attached hydrogen (secondary N) is 1. The molecule has 0 aromatic carbocycles. The van der Waals surface area contributed by atoms with Crippen LogP contribution in [0.1, 0.15) is 19.3 Å². The molecule has 0 unspecified atom stereocenters. The molecular weight excluding hydrogens is 235 g/mol. The summed E-state index contributed by atoms with van der Waals surface area (Å²) in [4.78, 5) is 0. The largest absolute Gasteiger partial charge is 0.389 e. The molecule has 0 aromatic rings. The highest BCUT2D eigenvalue weighted by Gasteiger charge is 2.25. The first-order valence-electron chi connectivity index (χ1n) is 3.89. The second-order valence-electron chi connectivity index (χ2n) is 2.51. The molecule has 0 radical (unpaired) electrons. The van der Waals surface area contributed by atoms with E-state index >= 15 is 0 Å². The summed E-state index contributed by atoms with van der Waals surface area (Å²) in [7, 11) is 0. The topological polar surface area (TPSA) is 12.0 Å². The predicted octanol–water partition coefficient (Wildman–Crippen LogP) is 2.70. The van der Waals surface area contributed by atoms with E-state index < -0.39 is 12.6 Å². The SMILES string of the molecule is FC(F)(F)CCCNCCCBr. The van der Waals surface area contributed by atoms with Crippen LogP contribution in [0.25, 0.3) is 0 Å². The quantitative estimate of drug-likeness (QED) is 0.563. The van der Waals surface area contributed by atoms with E-state index in [9.17, 15) is 13.2 Å². The molecular formula is C7H13BrF3N. The molecule has 0 atom stereocenters. The van der Waals surface area contributed by atoms with Gasteiger partial charge in [-0.2, -0.15) is 13.2 Å². The zero-order valence-corrected chi connectivity index (χ0v) is 8.34. The Kier molecular flexibility index (Phi) is 6.84. The number of halogens is 4. The van der Waals surface area contributed by atoms with Crippen molar-refractivity contribution >= 4 is 15.9 Å². The molecule has 0 rings (SSSR count). The van der Waals surface area contributed by atoms with Crippen LogP contribution in [-0.4, -0.2) is 24.6 Å². The van der Waals surface area contributed by atoms with Gasteiger partial charge in [0.05, 0.1) is 0 Å². The van der Waals surface area contributed by atoms with E-state index in [0.717, 1.165) is 18.3 Å². The lowest BCUT2D eigenvalue weighted by molar-refractivity contribution is -0.135. The summed E-state index contributed by atoms with van der Waals surface area (Å²) < 4.78 is 34.8. The molecule has 12 heavy (non-hydrogen) atoms. The fraction of sp³-hybridized carbons (Fsp3) is 1.00. The molecule has 0 saturated heterocycles. The smallest absolute Gasteiger partial charge is 0.317 e. The summed E-state index contributed by atoms with van der Waals surface area (Å²) in [5, 5.41) is 3.82. The van der Waals surface area contributed by atoms with Crippen molar-refractivity contribution in [2.75, 3.05) is 18.4 Å². The van der Waals surface area contributed by atoms with Gasteiger partial charge in [-0.3, -0.25) is 0 Å². The van der Waals surface area contributed by atoms with Gasteiger partial charge in [0, 0.05) is 11.8 Å². The first kappa shape index (κ1) is 12.2. The third kappa shape index (κ3) is 10.2. The summed E-state index contributed by atoms with van der Waals surface area (Å²) in [6.45, 7) is 1.23. The molecule has 0 heterocycles. The van der Waals surface area contributed by atoms with Gasteiger partial charge in [-0.1, -0.05) is 15.9 Å². The van der Waals surface area contributed by atoms with E-state index in [1.165, 1.54) is 0 Å². The summed E-state index contributed by atoms with van der Waals surface area (Å²) in [5.41, 5.74) is 0. The van der Waals surface area contributed by atoms with Crippen molar-refractivity contribution in [1.82, 2.24) is 5.32 Å². The maximum Gasteiger partial charge on any atom is 0.389 e. The molecule has 0 fully saturated rings. The van der Waals surface area contributed by atoms with Crippen LogP contribution in [0.2, 0.25) is 0 Å². The van der Waals surface area contributed by atoms with Gasteiger partial charge in [-0.25, -0.2) is 0 Å². The molecule has 74 valence electrons. The minimum absolute atomic E-state index is 0.172. The van der Waals surface area contributed by atoms with Crippen LogP contribution in [0.5, 0.6) is 0 Å². The van der Waals surface area contributed by atoms with Crippen LogP contribution < -0.4 is 5.32 Å². The number of hydrogen-bond acceptors (Lipinski definition) is 1. The van der Waals surface area contributed by atoms with Crippen molar-refractivity contribution in [1.29, 1.82) is 0 Å². The molecule has 5 heteroatoms. The Morgan fingerprint density at radius 2 is 1.67 bits per heavy atom. The van der Waals surface area contributed by atoms with Gasteiger partial charge in [-0.15, -0.1) is 0 Å². The van der Waals surface area contributed by atoms with E-state index in [2.05, 4.69) is 21.2 Å². The fourth-order valence-electron chi connectivity index (χ4n) is 0.731. The lowest BCUT2D eigenvalue weighted by Crippen LogP contribution is -2.19. The Labute approximate surface area is 78.8 Å². The van der Waals surface area contributed by atoms with Crippen molar-refractivity contribution < 1.29 is 13.2 Å². The fourth-order valence-corrected chi connectivity index (χ4v) is 1.01. The Balaban J connectivity index is 3.01. The van der Waals surface area contributed by atoms with Crippen molar-refractivity contribution in [3.05, 3.63) is 0 Å². The standard InChI is InChI=1S/C7H13BrF3N/c8-4-2-6-12-5-1-3-7(9,10)11/h12H,1-6H2. The van der Waals surface area contributed by atoms with Crippen LogP contribution in [0.4, 0.5) is 13.2 Å². The van der Waals surface area contributed by atoms with E-state index in [1.54, 1.807) is 0 Å². The second-order valence-corrected chi connectivity index (χ2v) is 3.30. The highest BCUT2D eigenvalue weighted by Crippen LogP contribution is 2.20. The minimum Gasteiger partial charge on any atom is -0.317 e. The maximum absolute atomic E-state index is 11.6. The van der Waals surface area contributed by atoms with E-state index in [-0.39, 0.29) is 6.42 Å². The number of hydrogen-bond donors (Lipinski definition) is 1. The van der Waals surface area contributed by atoms with Crippen LogP contribution in [0.3, 0.4) is 0 Å². The zero-order valence-electron chi connectivity index (χ0n) is 6.75. The molecule has 0 saturated carbocycles. The van der Waals surface area contributed by atoms with Crippen molar-refractivity contribution in [2.45, 2.75) is 25.4 Å². The molecule has 0 spiro atoms. The predicted molar refractivity (Wildman–Crippen MR) is 46.6 cm³/mol. The summed E-state index contributed by atoms with van der Waals surface area (Å²) >= 11 is 3.23. The van der Waals surface area contributed by atoms with Gasteiger partial charge in [0.15, 0.2) is 0 Å². The van der Waals surface area contributed by atoms with Crippen LogP contribution in [-0.2, 0) is 0 Å². The molecule has 0 aliphatic carbocycles. The Hall–Kier alpha value is 0.230. The molecule has 0 bridgehead atoms. The maximum atomic E-state index is 11.6. The highest BCUT2D eigenvalue weighted by molar-refractivity contribution is 9.09. The van der Waals surface area contributed by atoms with Gasteiger partial charge < -0.3 is 5.32 Å². The van der Waals surface area contributed by atoms with Crippen LogP contribution in [0.15, 0.2) is 0 Å².